The van der Waals surface area contributed by atoms with Crippen LogP contribution in [0.2, 0.25) is 15.1 Å². The van der Waals surface area contributed by atoms with Crippen molar-refractivity contribution in [1.29, 1.82) is 0 Å². The molecule has 0 bridgehead atoms. The van der Waals surface area contributed by atoms with Crippen molar-refractivity contribution in [2.75, 3.05) is 27.2 Å². The number of aromatic nitrogens is 2. The van der Waals surface area contributed by atoms with Crippen LogP contribution in [0, 0.1) is 5.82 Å². The number of rotatable bonds is 7. The van der Waals surface area contributed by atoms with E-state index < -0.39 is 5.82 Å². The van der Waals surface area contributed by atoms with Gasteiger partial charge in [0.15, 0.2) is 0 Å². The van der Waals surface area contributed by atoms with Gasteiger partial charge in [0, 0.05) is 30.2 Å². The molecule has 0 aliphatic heterocycles. The van der Waals surface area contributed by atoms with E-state index in [1.54, 1.807) is 30.3 Å². The summed E-state index contributed by atoms with van der Waals surface area (Å²) in [4.78, 5) is 20.4. The maximum Gasteiger partial charge on any atom is 0.266 e. The van der Waals surface area contributed by atoms with Gasteiger partial charge in [-0.3, -0.25) is 9.36 Å². The number of hydrogen-bond acceptors (Lipinski definition) is 4. The third kappa shape index (κ3) is 5.11. The topological polar surface area (TPSA) is 50.2 Å². The second kappa shape index (κ2) is 10.4. The fraction of sp³-hybridized carbons (Fsp3) is 0.200. The highest BCUT2D eigenvalue weighted by molar-refractivity contribution is 6.34. The molecule has 1 aromatic heterocycles. The summed E-state index contributed by atoms with van der Waals surface area (Å²) in [6, 6.07) is 14.6. The summed E-state index contributed by atoms with van der Waals surface area (Å²) in [5.74, 6) is -0.361. The molecule has 176 valence electrons. The highest BCUT2D eigenvalue weighted by Crippen LogP contribution is 2.32. The molecule has 0 spiro atoms. The number of nitrogens with one attached hydrogen (secondary N) is 1. The zero-order valence-corrected chi connectivity index (χ0v) is 20.8. The van der Waals surface area contributed by atoms with E-state index in [1.165, 1.54) is 16.7 Å². The number of hydrogen-bond donors (Lipinski definition) is 1. The third-order valence-corrected chi connectivity index (χ3v) is 6.35. The second-order valence-electron chi connectivity index (χ2n) is 8.09. The van der Waals surface area contributed by atoms with Crippen molar-refractivity contribution in [3.63, 3.8) is 0 Å². The van der Waals surface area contributed by atoms with Crippen molar-refractivity contribution in [1.82, 2.24) is 19.8 Å². The predicted molar refractivity (Wildman–Crippen MR) is 138 cm³/mol. The van der Waals surface area contributed by atoms with Gasteiger partial charge in [-0.2, -0.15) is 0 Å². The standard InChI is InChI=1S/C25H22Cl3FN4O/c1-32(2)11-10-30-14-15-4-3-5-19(23(15)28)24-31-22-12-16(26)6-8-18(22)25(34)33(24)17-7-9-20(27)21(29)13-17/h3-9,12-13,30H,10-11,14H2,1-2H3. The van der Waals surface area contributed by atoms with E-state index in [0.717, 1.165) is 18.7 Å². The fourth-order valence-corrected chi connectivity index (χ4v) is 4.18. The Bertz CT molecular complexity index is 1420. The number of nitrogens with zero attached hydrogens (tertiary/aromatic N) is 3. The lowest BCUT2D eigenvalue weighted by Gasteiger charge is -2.17. The minimum absolute atomic E-state index is 0.0392. The van der Waals surface area contributed by atoms with Gasteiger partial charge in [0.2, 0.25) is 0 Å². The Kier molecular flexibility index (Phi) is 7.55. The number of benzene rings is 3. The molecule has 0 fully saturated rings. The monoisotopic (exact) mass is 518 g/mol. The van der Waals surface area contributed by atoms with E-state index >= 15 is 0 Å². The maximum absolute atomic E-state index is 14.3. The van der Waals surface area contributed by atoms with Crippen molar-refractivity contribution in [3.05, 3.63) is 91.4 Å². The van der Waals surface area contributed by atoms with Crippen LogP contribution < -0.4 is 10.9 Å². The van der Waals surface area contributed by atoms with Crippen LogP contribution in [0.4, 0.5) is 4.39 Å². The molecule has 4 rings (SSSR count). The minimum Gasteiger partial charge on any atom is -0.311 e. The molecule has 4 aromatic rings. The van der Waals surface area contributed by atoms with Crippen LogP contribution in [0.1, 0.15) is 5.56 Å². The first-order valence-electron chi connectivity index (χ1n) is 10.6. The van der Waals surface area contributed by atoms with Crippen LogP contribution in [-0.2, 0) is 6.54 Å². The summed E-state index contributed by atoms with van der Waals surface area (Å²) in [6.07, 6.45) is 0. The van der Waals surface area contributed by atoms with E-state index in [0.29, 0.717) is 33.1 Å². The first kappa shape index (κ1) is 24.6. The first-order valence-corrected chi connectivity index (χ1v) is 11.7. The molecule has 1 heterocycles. The lowest BCUT2D eigenvalue weighted by Crippen LogP contribution is -2.26. The number of fused-ring (bicyclic) bond motifs is 1. The summed E-state index contributed by atoms with van der Waals surface area (Å²) >= 11 is 18.9. The van der Waals surface area contributed by atoms with Crippen molar-refractivity contribution in [3.8, 4) is 17.1 Å². The quantitative estimate of drug-likeness (QED) is 0.313. The molecular weight excluding hydrogens is 498 g/mol. The van der Waals surface area contributed by atoms with Crippen LogP contribution in [0.15, 0.2) is 59.4 Å². The Labute approximate surface area is 211 Å². The molecule has 3 aromatic carbocycles. The van der Waals surface area contributed by atoms with Gasteiger partial charge in [-0.05, 0) is 62.1 Å². The number of halogens is 4. The average molecular weight is 520 g/mol. The Morgan fingerprint density at radius 3 is 2.59 bits per heavy atom. The molecule has 0 saturated heterocycles. The number of likely N-dealkylation sites (N-methyl/N-ethyl adjacent to an activating group) is 1. The SMILES string of the molecule is CN(C)CCNCc1cccc(-c2nc3cc(Cl)ccc3c(=O)n2-c2ccc(Cl)c(F)c2)c1Cl. The third-order valence-electron chi connectivity index (χ3n) is 5.36. The van der Waals surface area contributed by atoms with Gasteiger partial charge < -0.3 is 10.2 Å². The molecule has 9 heteroatoms. The normalized spacial score (nSPS) is 11.5. The molecule has 0 saturated carbocycles. The van der Waals surface area contributed by atoms with E-state index in [2.05, 4.69) is 10.2 Å². The average Bonchev–Trinajstić information content (AvgIpc) is 2.79. The fourth-order valence-electron chi connectivity index (χ4n) is 3.62. The van der Waals surface area contributed by atoms with Crippen LogP contribution in [0.25, 0.3) is 28.0 Å². The Hall–Kier alpha value is -2.48. The predicted octanol–water partition coefficient (Wildman–Crippen LogP) is 5.80. The van der Waals surface area contributed by atoms with Gasteiger partial charge in [0.1, 0.15) is 11.6 Å². The van der Waals surface area contributed by atoms with Gasteiger partial charge >= 0.3 is 0 Å². The zero-order valence-electron chi connectivity index (χ0n) is 18.6. The lowest BCUT2D eigenvalue weighted by molar-refractivity contribution is 0.400. The van der Waals surface area contributed by atoms with E-state index in [4.69, 9.17) is 39.8 Å². The van der Waals surface area contributed by atoms with E-state index in [9.17, 15) is 9.18 Å². The molecule has 0 atom stereocenters. The Morgan fingerprint density at radius 2 is 1.85 bits per heavy atom. The zero-order chi connectivity index (χ0) is 24.4. The lowest BCUT2D eigenvalue weighted by atomic mass is 10.1. The first-order chi connectivity index (χ1) is 16.3. The van der Waals surface area contributed by atoms with Crippen LogP contribution in [-0.4, -0.2) is 41.6 Å². The van der Waals surface area contributed by atoms with Crippen LogP contribution >= 0.6 is 34.8 Å². The van der Waals surface area contributed by atoms with E-state index in [-0.39, 0.29) is 22.1 Å². The van der Waals surface area contributed by atoms with Crippen molar-refractivity contribution in [2.45, 2.75) is 6.54 Å². The second-order valence-corrected chi connectivity index (χ2v) is 9.32. The molecule has 34 heavy (non-hydrogen) atoms. The summed E-state index contributed by atoms with van der Waals surface area (Å²) in [5.41, 5.74) is 1.74. The molecule has 0 aliphatic carbocycles. The molecular formula is C25H22Cl3FN4O. The summed E-state index contributed by atoms with van der Waals surface area (Å²) < 4.78 is 15.7. The Balaban J connectivity index is 1.90. The summed E-state index contributed by atoms with van der Waals surface area (Å²) in [7, 11) is 4.01. The van der Waals surface area contributed by atoms with Gasteiger partial charge in [-0.25, -0.2) is 9.37 Å². The van der Waals surface area contributed by atoms with Crippen molar-refractivity contribution >= 4 is 45.7 Å². The molecule has 0 radical (unpaired) electrons. The van der Waals surface area contributed by atoms with Crippen LogP contribution in [0.5, 0.6) is 0 Å². The van der Waals surface area contributed by atoms with Crippen LogP contribution in [0.3, 0.4) is 0 Å². The maximum atomic E-state index is 14.3. The Morgan fingerprint density at radius 1 is 1.06 bits per heavy atom. The summed E-state index contributed by atoms with van der Waals surface area (Å²) in [6.45, 7) is 2.21. The molecule has 5 nitrogen and oxygen atoms in total. The molecule has 0 aliphatic rings. The van der Waals surface area contributed by atoms with Gasteiger partial charge in [0.05, 0.1) is 26.6 Å². The smallest absolute Gasteiger partial charge is 0.266 e. The van der Waals surface area contributed by atoms with Gasteiger partial charge in [0.25, 0.3) is 5.56 Å². The molecule has 0 unspecified atom stereocenters. The van der Waals surface area contributed by atoms with Gasteiger partial charge in [-0.15, -0.1) is 0 Å². The highest BCUT2D eigenvalue weighted by atomic mass is 35.5. The minimum atomic E-state index is -0.641. The van der Waals surface area contributed by atoms with Gasteiger partial charge in [-0.1, -0.05) is 46.9 Å². The summed E-state index contributed by atoms with van der Waals surface area (Å²) in [5, 5.41) is 4.58. The van der Waals surface area contributed by atoms with E-state index in [1.807, 2.05) is 26.2 Å². The largest absolute Gasteiger partial charge is 0.311 e. The van der Waals surface area contributed by atoms with Crippen molar-refractivity contribution < 1.29 is 4.39 Å². The highest BCUT2D eigenvalue weighted by Gasteiger charge is 2.19. The van der Waals surface area contributed by atoms with Crippen molar-refractivity contribution in [2.24, 2.45) is 0 Å². The molecule has 1 N–H and O–H groups in total. The molecule has 0 amide bonds.